The first-order valence-electron chi connectivity index (χ1n) is 15.5. The van der Waals surface area contributed by atoms with Crippen LogP contribution in [0.2, 0.25) is 0 Å². The van der Waals surface area contributed by atoms with Gasteiger partial charge in [0.2, 0.25) is 0 Å². The SMILES string of the molecule is c1cc(-c2ccc3ccccc3c2)cc(-c2ccc3c(ccc4c5cc6c7ccccc7c7ccccc7c6cc5oc34)c2)c1. The van der Waals surface area contributed by atoms with Crippen LogP contribution >= 0.6 is 0 Å². The topological polar surface area (TPSA) is 13.1 Å². The Morgan fingerprint density at radius 2 is 0.800 bits per heavy atom. The van der Waals surface area contributed by atoms with Gasteiger partial charge in [-0.15, -0.1) is 0 Å². The molecule has 0 bridgehead atoms. The molecule has 1 aromatic heterocycles. The molecular weight excluding hydrogens is 544 g/mol. The molecule has 0 aliphatic carbocycles. The van der Waals surface area contributed by atoms with Crippen molar-refractivity contribution in [3.63, 3.8) is 0 Å². The fraction of sp³-hybridized carbons (Fsp3) is 0. The van der Waals surface area contributed by atoms with Crippen molar-refractivity contribution in [1.82, 2.24) is 0 Å². The predicted molar refractivity (Wildman–Crippen MR) is 192 cm³/mol. The second-order valence-electron chi connectivity index (χ2n) is 12.1. The van der Waals surface area contributed by atoms with E-state index in [4.69, 9.17) is 4.42 Å². The van der Waals surface area contributed by atoms with Gasteiger partial charge in [-0.2, -0.15) is 0 Å². The van der Waals surface area contributed by atoms with Crippen LogP contribution in [-0.4, -0.2) is 0 Å². The lowest BCUT2D eigenvalue weighted by Crippen LogP contribution is -1.83. The van der Waals surface area contributed by atoms with Gasteiger partial charge in [-0.25, -0.2) is 0 Å². The Bertz CT molecular complexity index is 2820. The van der Waals surface area contributed by atoms with E-state index in [-0.39, 0.29) is 0 Å². The van der Waals surface area contributed by atoms with E-state index >= 15 is 0 Å². The first-order chi connectivity index (χ1) is 22.3. The molecule has 1 heteroatoms. The van der Waals surface area contributed by atoms with Gasteiger partial charge in [-0.3, -0.25) is 0 Å². The Morgan fingerprint density at radius 1 is 0.267 bits per heavy atom. The van der Waals surface area contributed by atoms with E-state index < -0.39 is 0 Å². The van der Waals surface area contributed by atoms with Crippen molar-refractivity contribution in [2.45, 2.75) is 0 Å². The zero-order valence-corrected chi connectivity index (χ0v) is 24.4. The maximum Gasteiger partial charge on any atom is 0.143 e. The van der Waals surface area contributed by atoms with Crippen LogP contribution in [0, 0.1) is 0 Å². The van der Waals surface area contributed by atoms with Crippen LogP contribution < -0.4 is 0 Å². The van der Waals surface area contributed by atoms with E-state index in [1.54, 1.807) is 0 Å². The van der Waals surface area contributed by atoms with E-state index in [1.165, 1.54) is 70.7 Å². The van der Waals surface area contributed by atoms with Crippen molar-refractivity contribution < 1.29 is 4.42 Å². The van der Waals surface area contributed by atoms with Crippen LogP contribution in [0.15, 0.2) is 162 Å². The molecule has 10 rings (SSSR count). The average Bonchev–Trinajstić information content (AvgIpc) is 3.48. The number of furan rings is 1. The molecule has 0 radical (unpaired) electrons. The molecule has 0 N–H and O–H groups in total. The van der Waals surface area contributed by atoms with Gasteiger partial charge < -0.3 is 4.42 Å². The summed E-state index contributed by atoms with van der Waals surface area (Å²) < 4.78 is 6.69. The van der Waals surface area contributed by atoms with Crippen molar-refractivity contribution in [3.8, 4) is 22.3 Å². The number of fused-ring (bicyclic) bond motifs is 12. The molecule has 0 unspecified atom stereocenters. The third kappa shape index (κ3) is 3.68. The highest BCUT2D eigenvalue weighted by Gasteiger charge is 2.15. The molecule has 0 fully saturated rings. The van der Waals surface area contributed by atoms with Crippen LogP contribution in [0.25, 0.3) is 98.1 Å². The summed E-state index contributed by atoms with van der Waals surface area (Å²) in [7, 11) is 0. The molecule has 10 aromatic rings. The number of rotatable bonds is 2. The summed E-state index contributed by atoms with van der Waals surface area (Å²) >= 11 is 0. The molecule has 0 atom stereocenters. The fourth-order valence-electron chi connectivity index (χ4n) is 7.39. The molecule has 0 saturated heterocycles. The molecule has 0 aliphatic heterocycles. The van der Waals surface area contributed by atoms with Crippen LogP contribution in [0.5, 0.6) is 0 Å². The second-order valence-corrected chi connectivity index (χ2v) is 12.1. The molecule has 1 heterocycles. The van der Waals surface area contributed by atoms with Gasteiger partial charge in [0.25, 0.3) is 0 Å². The third-order valence-corrected chi connectivity index (χ3v) is 9.60. The molecular formula is C44H26O. The van der Waals surface area contributed by atoms with Crippen molar-refractivity contribution in [2.24, 2.45) is 0 Å². The minimum atomic E-state index is 0.928. The number of hydrogen-bond donors (Lipinski definition) is 0. The van der Waals surface area contributed by atoms with Gasteiger partial charge in [0, 0.05) is 16.2 Å². The van der Waals surface area contributed by atoms with Gasteiger partial charge in [-0.1, -0.05) is 115 Å². The average molecular weight is 571 g/mol. The molecule has 0 aliphatic rings. The summed E-state index contributed by atoms with van der Waals surface area (Å²) in [5.74, 6) is 0. The van der Waals surface area contributed by atoms with Crippen LogP contribution in [0.4, 0.5) is 0 Å². The fourth-order valence-corrected chi connectivity index (χ4v) is 7.39. The normalized spacial score (nSPS) is 12.0. The van der Waals surface area contributed by atoms with E-state index in [2.05, 4.69) is 158 Å². The lowest BCUT2D eigenvalue weighted by atomic mass is 9.93. The van der Waals surface area contributed by atoms with Crippen LogP contribution in [-0.2, 0) is 0 Å². The predicted octanol–water partition coefficient (Wildman–Crippen LogP) is 12.7. The minimum Gasteiger partial charge on any atom is -0.455 e. The first-order valence-corrected chi connectivity index (χ1v) is 15.5. The standard InChI is InChI=1S/C44H26O/c1-2-9-28-22-31(17-16-27(28)8-1)29-10-7-11-30(23-29)32-18-20-34-33(24-32)19-21-39-42-25-40-37-14-5-3-12-35(37)36-13-4-6-15-38(36)41(40)26-43(42)45-44(34)39/h1-26H. The maximum absolute atomic E-state index is 6.69. The minimum absolute atomic E-state index is 0.928. The van der Waals surface area contributed by atoms with Gasteiger partial charge in [0.15, 0.2) is 0 Å². The highest BCUT2D eigenvalue weighted by molar-refractivity contribution is 6.29. The van der Waals surface area contributed by atoms with Gasteiger partial charge in [-0.05, 0) is 113 Å². The van der Waals surface area contributed by atoms with E-state index in [1.807, 2.05) is 0 Å². The summed E-state index contributed by atoms with van der Waals surface area (Å²) in [4.78, 5) is 0. The maximum atomic E-state index is 6.69. The molecule has 208 valence electrons. The van der Waals surface area contributed by atoms with E-state index in [9.17, 15) is 0 Å². The van der Waals surface area contributed by atoms with Crippen molar-refractivity contribution >= 4 is 75.8 Å². The van der Waals surface area contributed by atoms with Gasteiger partial charge in [0.1, 0.15) is 11.2 Å². The molecule has 0 amide bonds. The monoisotopic (exact) mass is 570 g/mol. The quantitative estimate of drug-likeness (QED) is 0.188. The Hall–Kier alpha value is -5.92. The van der Waals surface area contributed by atoms with E-state index in [0.29, 0.717) is 0 Å². The number of benzene rings is 9. The summed E-state index contributed by atoms with van der Waals surface area (Å²) in [6.07, 6.45) is 0. The number of hydrogen-bond acceptors (Lipinski definition) is 1. The highest BCUT2D eigenvalue weighted by Crippen LogP contribution is 2.41. The van der Waals surface area contributed by atoms with E-state index in [0.717, 1.165) is 27.3 Å². The lowest BCUT2D eigenvalue weighted by Gasteiger charge is -2.10. The zero-order valence-electron chi connectivity index (χ0n) is 24.4. The van der Waals surface area contributed by atoms with Crippen LogP contribution in [0.3, 0.4) is 0 Å². The summed E-state index contributed by atoms with van der Waals surface area (Å²) in [6.45, 7) is 0. The Morgan fingerprint density at radius 3 is 1.53 bits per heavy atom. The summed E-state index contributed by atoms with van der Waals surface area (Å²) in [5, 5.41) is 14.7. The Kier molecular flexibility index (Phi) is 5.06. The zero-order chi connectivity index (χ0) is 29.5. The smallest absolute Gasteiger partial charge is 0.143 e. The Balaban J connectivity index is 1.13. The molecule has 0 saturated carbocycles. The van der Waals surface area contributed by atoms with Crippen molar-refractivity contribution in [3.05, 3.63) is 158 Å². The molecule has 45 heavy (non-hydrogen) atoms. The van der Waals surface area contributed by atoms with Crippen molar-refractivity contribution in [2.75, 3.05) is 0 Å². The largest absolute Gasteiger partial charge is 0.455 e. The van der Waals surface area contributed by atoms with Crippen molar-refractivity contribution in [1.29, 1.82) is 0 Å². The molecule has 1 nitrogen and oxygen atoms in total. The first kappa shape index (κ1) is 24.5. The third-order valence-electron chi connectivity index (χ3n) is 9.60. The lowest BCUT2D eigenvalue weighted by molar-refractivity contribution is 0.673. The van der Waals surface area contributed by atoms with Gasteiger partial charge in [0.05, 0.1) is 0 Å². The summed E-state index contributed by atoms with van der Waals surface area (Å²) in [6, 6.07) is 57.3. The summed E-state index contributed by atoms with van der Waals surface area (Å²) in [5.41, 5.74) is 6.73. The molecule has 0 spiro atoms. The van der Waals surface area contributed by atoms with Crippen LogP contribution in [0.1, 0.15) is 0 Å². The highest BCUT2D eigenvalue weighted by atomic mass is 16.3. The van der Waals surface area contributed by atoms with Gasteiger partial charge >= 0.3 is 0 Å². The molecule has 9 aromatic carbocycles. The Labute approximate surface area is 259 Å². The second kappa shape index (κ2) is 9.29.